The highest BCUT2D eigenvalue weighted by molar-refractivity contribution is 5.87. The zero-order valence-corrected chi connectivity index (χ0v) is 9.13. The van der Waals surface area contributed by atoms with E-state index in [2.05, 4.69) is 0 Å². The lowest BCUT2D eigenvalue weighted by Crippen LogP contribution is -1.96. The molecule has 17 heavy (non-hydrogen) atoms. The highest BCUT2D eigenvalue weighted by Gasteiger charge is 2.04. The number of benzene rings is 2. The highest BCUT2D eigenvalue weighted by atomic mass is 16.4. The van der Waals surface area contributed by atoms with Crippen molar-refractivity contribution in [1.29, 1.82) is 0 Å². The predicted molar refractivity (Wildman–Crippen MR) is 64.3 cm³/mol. The number of hydrogen-bond acceptors (Lipinski definition) is 2. The molecule has 0 spiro atoms. The zero-order chi connectivity index (χ0) is 12.3. The van der Waals surface area contributed by atoms with E-state index in [0.29, 0.717) is 6.42 Å². The maximum atomic E-state index is 10.7. The van der Waals surface area contributed by atoms with Crippen molar-refractivity contribution in [3.63, 3.8) is 0 Å². The Balaban J connectivity index is 2.20. The quantitative estimate of drug-likeness (QED) is 0.849. The first-order chi connectivity index (χ1) is 8.16. The minimum Gasteiger partial charge on any atom is -0.508 e. The van der Waals surface area contributed by atoms with Gasteiger partial charge in [0.05, 0.1) is 5.56 Å². The number of carboxylic acid groups (broad SMARTS) is 1. The summed E-state index contributed by atoms with van der Waals surface area (Å²) >= 11 is 0. The van der Waals surface area contributed by atoms with Gasteiger partial charge < -0.3 is 10.2 Å². The van der Waals surface area contributed by atoms with Gasteiger partial charge in [0.2, 0.25) is 0 Å². The van der Waals surface area contributed by atoms with Gasteiger partial charge in [-0.15, -0.1) is 0 Å². The Bertz CT molecular complexity index is 529. The molecular formula is C14H12O3. The van der Waals surface area contributed by atoms with Gasteiger partial charge in [0.15, 0.2) is 0 Å². The van der Waals surface area contributed by atoms with E-state index < -0.39 is 5.97 Å². The standard InChI is InChI=1S/C14H12O3/c15-13-4-2-1-3-12(13)9-10-5-7-11(8-6-10)14(16)17/h1-8,15H,9H2,(H,16,17). The Hall–Kier alpha value is -2.29. The first-order valence-electron chi connectivity index (χ1n) is 5.26. The maximum Gasteiger partial charge on any atom is 0.335 e. The Labute approximate surface area is 99.0 Å². The molecule has 0 aliphatic rings. The van der Waals surface area contributed by atoms with Crippen molar-refractivity contribution in [3.8, 4) is 5.75 Å². The van der Waals surface area contributed by atoms with Crippen LogP contribution in [0.3, 0.4) is 0 Å². The monoisotopic (exact) mass is 228 g/mol. The summed E-state index contributed by atoms with van der Waals surface area (Å²) in [6, 6.07) is 13.8. The van der Waals surface area contributed by atoms with Gasteiger partial charge in [0.1, 0.15) is 5.75 Å². The van der Waals surface area contributed by atoms with Gasteiger partial charge in [-0.25, -0.2) is 4.79 Å². The molecule has 86 valence electrons. The molecule has 0 bridgehead atoms. The van der Waals surface area contributed by atoms with E-state index in [1.54, 1.807) is 36.4 Å². The highest BCUT2D eigenvalue weighted by Crippen LogP contribution is 2.19. The van der Waals surface area contributed by atoms with Crippen molar-refractivity contribution in [2.45, 2.75) is 6.42 Å². The van der Waals surface area contributed by atoms with Gasteiger partial charge in [0, 0.05) is 6.42 Å². The Morgan fingerprint density at radius 2 is 1.65 bits per heavy atom. The summed E-state index contributed by atoms with van der Waals surface area (Å²) in [6.07, 6.45) is 0.590. The third-order valence-electron chi connectivity index (χ3n) is 2.59. The van der Waals surface area contributed by atoms with Crippen LogP contribution in [0.1, 0.15) is 21.5 Å². The van der Waals surface area contributed by atoms with Crippen LogP contribution in [0.4, 0.5) is 0 Å². The van der Waals surface area contributed by atoms with Crippen LogP contribution in [0.15, 0.2) is 48.5 Å². The van der Waals surface area contributed by atoms with Crippen LogP contribution in [0.2, 0.25) is 0 Å². The molecule has 0 aliphatic heterocycles. The largest absolute Gasteiger partial charge is 0.508 e. The molecule has 2 aromatic rings. The fraction of sp³-hybridized carbons (Fsp3) is 0.0714. The van der Waals surface area contributed by atoms with E-state index in [0.717, 1.165) is 11.1 Å². The van der Waals surface area contributed by atoms with Crippen LogP contribution in [0.25, 0.3) is 0 Å². The molecule has 0 aromatic heterocycles. The molecule has 2 aromatic carbocycles. The lowest BCUT2D eigenvalue weighted by atomic mass is 10.0. The Morgan fingerprint density at radius 3 is 2.24 bits per heavy atom. The molecule has 0 heterocycles. The topological polar surface area (TPSA) is 57.5 Å². The lowest BCUT2D eigenvalue weighted by Gasteiger charge is -2.04. The SMILES string of the molecule is O=C(O)c1ccc(Cc2ccccc2O)cc1. The lowest BCUT2D eigenvalue weighted by molar-refractivity contribution is 0.0697. The predicted octanol–water partition coefficient (Wildman–Crippen LogP) is 2.68. The van der Waals surface area contributed by atoms with Crippen LogP contribution < -0.4 is 0 Å². The third kappa shape index (κ3) is 2.64. The van der Waals surface area contributed by atoms with Crippen molar-refractivity contribution in [1.82, 2.24) is 0 Å². The van der Waals surface area contributed by atoms with Gasteiger partial charge in [-0.05, 0) is 29.3 Å². The van der Waals surface area contributed by atoms with E-state index in [1.165, 1.54) is 0 Å². The second-order valence-corrected chi connectivity index (χ2v) is 3.81. The van der Waals surface area contributed by atoms with Crippen molar-refractivity contribution in [2.24, 2.45) is 0 Å². The number of phenols is 1. The molecule has 3 heteroatoms. The first kappa shape index (κ1) is 11.2. The van der Waals surface area contributed by atoms with Crippen molar-refractivity contribution >= 4 is 5.97 Å². The molecule has 0 saturated heterocycles. The van der Waals surface area contributed by atoms with E-state index >= 15 is 0 Å². The summed E-state index contributed by atoms with van der Waals surface area (Å²) in [4.78, 5) is 10.7. The second kappa shape index (κ2) is 4.70. The van der Waals surface area contributed by atoms with Crippen LogP contribution >= 0.6 is 0 Å². The van der Waals surface area contributed by atoms with Gasteiger partial charge in [-0.3, -0.25) is 0 Å². The van der Waals surface area contributed by atoms with Crippen LogP contribution in [0.5, 0.6) is 5.75 Å². The number of aromatic carboxylic acids is 1. The van der Waals surface area contributed by atoms with E-state index in [1.807, 2.05) is 12.1 Å². The second-order valence-electron chi connectivity index (χ2n) is 3.81. The van der Waals surface area contributed by atoms with Crippen molar-refractivity contribution < 1.29 is 15.0 Å². The molecule has 2 N–H and O–H groups in total. The number of rotatable bonds is 3. The minimum atomic E-state index is -0.931. The number of aromatic hydroxyl groups is 1. The zero-order valence-electron chi connectivity index (χ0n) is 9.13. The van der Waals surface area contributed by atoms with Gasteiger partial charge in [-0.1, -0.05) is 30.3 Å². The molecule has 2 rings (SSSR count). The summed E-state index contributed by atoms with van der Waals surface area (Å²) in [5.41, 5.74) is 2.07. The third-order valence-corrected chi connectivity index (χ3v) is 2.59. The molecular weight excluding hydrogens is 216 g/mol. The summed E-state index contributed by atoms with van der Waals surface area (Å²) in [7, 11) is 0. The summed E-state index contributed by atoms with van der Waals surface area (Å²) in [5.74, 6) is -0.672. The molecule has 0 unspecified atom stereocenters. The number of carbonyl (C=O) groups is 1. The van der Waals surface area contributed by atoms with Crippen LogP contribution in [0, 0.1) is 0 Å². The maximum absolute atomic E-state index is 10.7. The van der Waals surface area contributed by atoms with Crippen molar-refractivity contribution in [2.75, 3.05) is 0 Å². The fourth-order valence-electron chi connectivity index (χ4n) is 1.65. The number of carboxylic acids is 1. The Morgan fingerprint density at radius 1 is 1.00 bits per heavy atom. The summed E-state index contributed by atoms with van der Waals surface area (Å²) in [6.45, 7) is 0. The first-order valence-corrected chi connectivity index (χ1v) is 5.26. The van der Waals surface area contributed by atoms with E-state index in [4.69, 9.17) is 5.11 Å². The summed E-state index contributed by atoms with van der Waals surface area (Å²) in [5, 5.41) is 18.4. The molecule has 0 fully saturated rings. The van der Waals surface area contributed by atoms with E-state index in [9.17, 15) is 9.90 Å². The average molecular weight is 228 g/mol. The molecule has 0 atom stereocenters. The van der Waals surface area contributed by atoms with E-state index in [-0.39, 0.29) is 11.3 Å². The molecule has 0 aliphatic carbocycles. The number of phenolic OH excluding ortho intramolecular Hbond substituents is 1. The summed E-state index contributed by atoms with van der Waals surface area (Å²) < 4.78 is 0. The average Bonchev–Trinajstić information content (AvgIpc) is 2.33. The molecule has 3 nitrogen and oxygen atoms in total. The smallest absolute Gasteiger partial charge is 0.335 e. The molecule has 0 radical (unpaired) electrons. The fourth-order valence-corrected chi connectivity index (χ4v) is 1.65. The number of hydrogen-bond donors (Lipinski definition) is 2. The number of para-hydroxylation sites is 1. The Kier molecular flexibility index (Phi) is 3.10. The normalized spacial score (nSPS) is 10.1. The minimum absolute atomic E-state index is 0.259. The van der Waals surface area contributed by atoms with Crippen molar-refractivity contribution in [3.05, 3.63) is 65.2 Å². The molecule has 0 saturated carbocycles. The van der Waals surface area contributed by atoms with Crippen LogP contribution in [-0.4, -0.2) is 16.2 Å². The van der Waals surface area contributed by atoms with Gasteiger partial charge >= 0.3 is 5.97 Å². The van der Waals surface area contributed by atoms with Crippen LogP contribution in [-0.2, 0) is 6.42 Å². The molecule has 0 amide bonds. The van der Waals surface area contributed by atoms with Gasteiger partial charge in [0.25, 0.3) is 0 Å². The van der Waals surface area contributed by atoms with Gasteiger partial charge in [-0.2, -0.15) is 0 Å².